The molecule has 4 unspecified atom stereocenters. The predicted octanol–water partition coefficient (Wildman–Crippen LogP) is 2.16. The first-order valence-corrected chi connectivity index (χ1v) is 9.18. The number of nitrogens with one attached hydrogen (secondary N) is 3. The van der Waals surface area contributed by atoms with Crippen LogP contribution < -0.4 is 16.2 Å². The molecule has 0 aromatic heterocycles. The van der Waals surface area contributed by atoms with Crippen molar-refractivity contribution in [3.63, 3.8) is 0 Å². The summed E-state index contributed by atoms with van der Waals surface area (Å²) in [5, 5.41) is 3.09. The number of hydrogen-bond acceptors (Lipinski definition) is 4. The summed E-state index contributed by atoms with van der Waals surface area (Å²) < 4.78 is 5.85. The number of hydrazine groups is 1. The number of rotatable bonds is 7. The molecule has 0 spiro atoms. The van der Waals surface area contributed by atoms with Gasteiger partial charge in [0.2, 0.25) is 5.91 Å². The maximum Gasteiger partial charge on any atom is 0.224 e. The van der Waals surface area contributed by atoms with Gasteiger partial charge in [0, 0.05) is 25.7 Å². The monoisotopic (exact) mass is 331 g/mol. The van der Waals surface area contributed by atoms with Crippen molar-refractivity contribution in [3.8, 4) is 0 Å². The highest BCUT2D eigenvalue weighted by molar-refractivity contribution is 5.79. The van der Waals surface area contributed by atoms with E-state index in [0.29, 0.717) is 25.1 Å². The largest absolute Gasteiger partial charge is 0.374 e. The van der Waals surface area contributed by atoms with Crippen LogP contribution in [-0.2, 0) is 9.53 Å². The fraction of sp³-hybridized carbons (Fsp3) is 0.632. The van der Waals surface area contributed by atoms with Gasteiger partial charge in [-0.2, -0.15) is 0 Å². The Labute approximate surface area is 144 Å². The van der Waals surface area contributed by atoms with E-state index >= 15 is 0 Å². The third-order valence-electron chi connectivity index (χ3n) is 5.26. The molecular weight excluding hydrogens is 302 g/mol. The number of carbonyl (C=O) groups is 1. The lowest BCUT2D eigenvalue weighted by molar-refractivity contribution is -0.127. The van der Waals surface area contributed by atoms with Crippen LogP contribution in [0.2, 0.25) is 0 Å². The molecule has 5 nitrogen and oxygen atoms in total. The van der Waals surface area contributed by atoms with E-state index in [2.05, 4.69) is 35.2 Å². The SMILES string of the molecule is CC(OCCCNC(=O)C1CCCC2CNNC21)c1ccccc1. The van der Waals surface area contributed by atoms with Crippen LogP contribution in [-0.4, -0.2) is 31.6 Å². The number of hydrogen-bond donors (Lipinski definition) is 3. The highest BCUT2D eigenvalue weighted by Gasteiger charge is 2.39. The summed E-state index contributed by atoms with van der Waals surface area (Å²) in [6, 6.07) is 10.5. The van der Waals surface area contributed by atoms with Gasteiger partial charge in [-0.3, -0.25) is 15.6 Å². The van der Waals surface area contributed by atoms with E-state index in [-0.39, 0.29) is 17.9 Å². The topological polar surface area (TPSA) is 62.4 Å². The molecule has 132 valence electrons. The summed E-state index contributed by atoms with van der Waals surface area (Å²) in [5.74, 6) is 0.893. The van der Waals surface area contributed by atoms with Gasteiger partial charge in [0.05, 0.1) is 12.0 Å². The van der Waals surface area contributed by atoms with Gasteiger partial charge in [-0.05, 0) is 37.7 Å². The van der Waals surface area contributed by atoms with E-state index < -0.39 is 0 Å². The fourth-order valence-corrected chi connectivity index (χ4v) is 3.83. The van der Waals surface area contributed by atoms with Crippen molar-refractivity contribution in [3.05, 3.63) is 35.9 Å². The molecule has 0 radical (unpaired) electrons. The first-order valence-electron chi connectivity index (χ1n) is 9.18. The van der Waals surface area contributed by atoms with E-state index in [0.717, 1.165) is 25.8 Å². The van der Waals surface area contributed by atoms with Gasteiger partial charge in [0.25, 0.3) is 0 Å². The van der Waals surface area contributed by atoms with E-state index in [1.54, 1.807) is 0 Å². The van der Waals surface area contributed by atoms with E-state index in [1.807, 2.05) is 18.2 Å². The lowest BCUT2D eigenvalue weighted by Gasteiger charge is -2.31. The van der Waals surface area contributed by atoms with Crippen LogP contribution in [0.5, 0.6) is 0 Å². The molecule has 3 N–H and O–H groups in total. The van der Waals surface area contributed by atoms with Crippen LogP contribution in [0, 0.1) is 11.8 Å². The molecule has 1 aromatic rings. The molecule has 5 heteroatoms. The number of fused-ring (bicyclic) bond motifs is 1. The molecule has 2 fully saturated rings. The van der Waals surface area contributed by atoms with Crippen molar-refractivity contribution in [1.29, 1.82) is 0 Å². The quantitative estimate of drug-likeness (QED) is 0.670. The fourth-order valence-electron chi connectivity index (χ4n) is 3.83. The normalized spacial score (nSPS) is 27.5. The third kappa shape index (κ3) is 4.35. The maximum absolute atomic E-state index is 12.4. The van der Waals surface area contributed by atoms with Gasteiger partial charge in [-0.1, -0.05) is 36.8 Å². The molecule has 0 bridgehead atoms. The van der Waals surface area contributed by atoms with Crippen LogP contribution in [0.3, 0.4) is 0 Å². The minimum absolute atomic E-state index is 0.0924. The standard InChI is InChI=1S/C19H29N3O2/c1-14(15-7-3-2-4-8-15)24-12-6-11-20-19(23)17-10-5-9-16-13-21-22-18(16)17/h2-4,7-8,14,16-18,21-22H,5-6,9-13H2,1H3,(H,20,23). The highest BCUT2D eigenvalue weighted by atomic mass is 16.5. The van der Waals surface area contributed by atoms with Crippen molar-refractivity contribution in [2.75, 3.05) is 19.7 Å². The lowest BCUT2D eigenvalue weighted by atomic mass is 9.77. The average Bonchev–Trinajstić information content (AvgIpc) is 3.10. The number of carbonyl (C=O) groups excluding carboxylic acids is 1. The average molecular weight is 331 g/mol. The summed E-state index contributed by atoms with van der Waals surface area (Å²) in [6.07, 6.45) is 4.30. The second-order valence-electron chi connectivity index (χ2n) is 6.92. The summed E-state index contributed by atoms with van der Waals surface area (Å²) in [4.78, 5) is 12.4. The Morgan fingerprint density at radius 1 is 1.33 bits per heavy atom. The van der Waals surface area contributed by atoms with Crippen molar-refractivity contribution < 1.29 is 9.53 Å². The van der Waals surface area contributed by atoms with E-state index in [4.69, 9.17) is 4.74 Å². The Hall–Kier alpha value is -1.43. The van der Waals surface area contributed by atoms with Gasteiger partial charge in [-0.25, -0.2) is 0 Å². The van der Waals surface area contributed by atoms with Gasteiger partial charge in [0.1, 0.15) is 0 Å². The Balaban J connectivity index is 1.34. The first kappa shape index (κ1) is 17.4. The molecule has 1 amide bonds. The van der Waals surface area contributed by atoms with Crippen LogP contribution in [0.1, 0.15) is 44.3 Å². The van der Waals surface area contributed by atoms with Crippen molar-refractivity contribution in [1.82, 2.24) is 16.2 Å². The van der Waals surface area contributed by atoms with E-state index in [9.17, 15) is 4.79 Å². The molecule has 2 aliphatic rings. The summed E-state index contributed by atoms with van der Waals surface area (Å²) >= 11 is 0. The van der Waals surface area contributed by atoms with Gasteiger partial charge in [-0.15, -0.1) is 0 Å². The molecule has 1 aliphatic carbocycles. The zero-order valence-electron chi connectivity index (χ0n) is 14.5. The third-order valence-corrected chi connectivity index (χ3v) is 5.26. The Morgan fingerprint density at radius 3 is 3.00 bits per heavy atom. The summed E-state index contributed by atoms with van der Waals surface area (Å²) in [6.45, 7) is 4.39. The zero-order chi connectivity index (χ0) is 16.8. The van der Waals surface area contributed by atoms with Gasteiger partial charge in [0.15, 0.2) is 0 Å². The van der Waals surface area contributed by atoms with Gasteiger partial charge < -0.3 is 10.1 Å². The molecule has 3 rings (SSSR count). The summed E-state index contributed by atoms with van der Waals surface area (Å²) in [5.41, 5.74) is 7.68. The minimum Gasteiger partial charge on any atom is -0.374 e. The van der Waals surface area contributed by atoms with Crippen molar-refractivity contribution in [2.24, 2.45) is 11.8 Å². The molecule has 4 atom stereocenters. The van der Waals surface area contributed by atoms with E-state index in [1.165, 1.54) is 12.0 Å². The number of ether oxygens (including phenoxy) is 1. The second kappa shape index (κ2) is 8.60. The lowest BCUT2D eigenvalue weighted by Crippen LogP contribution is -2.48. The Kier molecular flexibility index (Phi) is 6.24. The maximum atomic E-state index is 12.4. The first-order chi connectivity index (χ1) is 11.8. The molecule has 1 saturated carbocycles. The predicted molar refractivity (Wildman–Crippen MR) is 94.2 cm³/mol. The molecule has 1 aliphatic heterocycles. The number of benzene rings is 1. The van der Waals surface area contributed by atoms with Crippen LogP contribution in [0.15, 0.2) is 30.3 Å². The summed E-state index contributed by atoms with van der Waals surface area (Å²) in [7, 11) is 0. The Morgan fingerprint density at radius 2 is 2.17 bits per heavy atom. The Bertz CT molecular complexity index is 523. The van der Waals surface area contributed by atoms with Crippen LogP contribution in [0.25, 0.3) is 0 Å². The molecule has 1 saturated heterocycles. The number of amides is 1. The van der Waals surface area contributed by atoms with Crippen LogP contribution >= 0.6 is 0 Å². The van der Waals surface area contributed by atoms with Crippen molar-refractivity contribution in [2.45, 2.75) is 44.8 Å². The minimum atomic E-state index is 0.0924. The van der Waals surface area contributed by atoms with Gasteiger partial charge >= 0.3 is 0 Å². The smallest absolute Gasteiger partial charge is 0.224 e. The highest BCUT2D eigenvalue weighted by Crippen LogP contribution is 2.31. The molecule has 24 heavy (non-hydrogen) atoms. The zero-order valence-corrected chi connectivity index (χ0v) is 14.5. The molecule has 1 aromatic carbocycles. The second-order valence-corrected chi connectivity index (χ2v) is 6.92. The van der Waals surface area contributed by atoms with Crippen molar-refractivity contribution >= 4 is 5.91 Å². The molecule has 1 heterocycles. The molecular formula is C19H29N3O2. The van der Waals surface area contributed by atoms with Crippen LogP contribution in [0.4, 0.5) is 0 Å².